The van der Waals surface area contributed by atoms with E-state index in [1.54, 1.807) is 0 Å². The molecule has 0 unspecified atom stereocenters. The van der Waals surface area contributed by atoms with E-state index in [1.165, 1.54) is 6.07 Å². The van der Waals surface area contributed by atoms with E-state index in [2.05, 4.69) is 9.72 Å². The maximum atomic E-state index is 12.4. The molecule has 0 fully saturated rings. The minimum Gasteiger partial charge on any atom is -0.447 e. The molecule has 0 spiro atoms. The lowest BCUT2D eigenvalue weighted by Crippen LogP contribution is -2.15. The van der Waals surface area contributed by atoms with Gasteiger partial charge in [-0.05, 0) is 6.07 Å². The van der Waals surface area contributed by atoms with E-state index in [0.717, 1.165) is 12.3 Å². The zero-order valence-corrected chi connectivity index (χ0v) is 7.78. The molecule has 1 aromatic rings. The first-order valence-electron chi connectivity index (χ1n) is 4.02. The van der Waals surface area contributed by atoms with Gasteiger partial charge in [-0.2, -0.15) is 18.4 Å². The zero-order chi connectivity index (χ0) is 12.2. The zero-order valence-electron chi connectivity index (χ0n) is 7.78. The Kier molecular flexibility index (Phi) is 3.45. The average Bonchev–Trinajstić information content (AvgIpc) is 2.24. The Bertz CT molecular complexity index is 437. The maximum absolute atomic E-state index is 12.4. The van der Waals surface area contributed by atoms with Crippen molar-refractivity contribution in [1.82, 2.24) is 4.98 Å². The molecule has 0 radical (unpaired) electrons. The monoisotopic (exact) mass is 230 g/mol. The molecule has 0 saturated heterocycles. The first-order valence-corrected chi connectivity index (χ1v) is 4.02. The maximum Gasteiger partial charge on any atom is 0.418 e. The van der Waals surface area contributed by atoms with Crippen LogP contribution in [0.3, 0.4) is 0 Å². The van der Waals surface area contributed by atoms with Crippen LogP contribution in [-0.4, -0.2) is 17.6 Å². The average molecular weight is 230 g/mol. The molecule has 84 valence electrons. The molecule has 1 aromatic heterocycles. The molecule has 0 saturated carbocycles. The number of alkyl halides is 3. The number of rotatable bonds is 2. The standard InChI is InChI=1S/C9H5F3N2O2/c10-9(11,12)7-5-14-3-1-6(7)8(15)16-4-2-13/h1,3,5H,4H2. The fourth-order valence-electron chi connectivity index (χ4n) is 0.974. The topological polar surface area (TPSA) is 63.0 Å². The number of aromatic nitrogens is 1. The lowest BCUT2D eigenvalue weighted by Gasteiger charge is -2.10. The third kappa shape index (κ3) is 2.70. The molecule has 0 atom stereocenters. The number of pyridine rings is 1. The highest BCUT2D eigenvalue weighted by atomic mass is 19.4. The van der Waals surface area contributed by atoms with Crippen LogP contribution in [0.2, 0.25) is 0 Å². The van der Waals surface area contributed by atoms with Crippen molar-refractivity contribution >= 4 is 5.97 Å². The van der Waals surface area contributed by atoms with Gasteiger partial charge in [-0.1, -0.05) is 0 Å². The van der Waals surface area contributed by atoms with Gasteiger partial charge in [-0.25, -0.2) is 4.79 Å². The van der Waals surface area contributed by atoms with Crippen molar-refractivity contribution in [2.75, 3.05) is 6.61 Å². The summed E-state index contributed by atoms with van der Waals surface area (Å²) in [6.45, 7) is -0.599. The van der Waals surface area contributed by atoms with Crippen molar-refractivity contribution in [2.45, 2.75) is 6.18 Å². The predicted octanol–water partition coefficient (Wildman–Crippen LogP) is 1.78. The van der Waals surface area contributed by atoms with Crippen LogP contribution in [0.15, 0.2) is 18.5 Å². The van der Waals surface area contributed by atoms with E-state index in [4.69, 9.17) is 5.26 Å². The lowest BCUT2D eigenvalue weighted by molar-refractivity contribution is -0.138. The van der Waals surface area contributed by atoms with Gasteiger partial charge in [0.2, 0.25) is 0 Å². The summed E-state index contributed by atoms with van der Waals surface area (Å²) in [7, 11) is 0. The van der Waals surface area contributed by atoms with Crippen molar-refractivity contribution in [3.05, 3.63) is 29.6 Å². The summed E-state index contributed by atoms with van der Waals surface area (Å²) >= 11 is 0. The fraction of sp³-hybridized carbons (Fsp3) is 0.222. The molecule has 0 aliphatic rings. The second-order valence-electron chi connectivity index (χ2n) is 2.65. The van der Waals surface area contributed by atoms with E-state index in [0.29, 0.717) is 6.20 Å². The highest BCUT2D eigenvalue weighted by Crippen LogP contribution is 2.31. The Morgan fingerprint density at radius 2 is 2.25 bits per heavy atom. The van der Waals surface area contributed by atoms with Crippen molar-refractivity contribution < 1.29 is 22.7 Å². The van der Waals surface area contributed by atoms with Crippen LogP contribution < -0.4 is 0 Å². The van der Waals surface area contributed by atoms with Gasteiger partial charge in [0.25, 0.3) is 0 Å². The van der Waals surface area contributed by atoms with Gasteiger partial charge in [0.05, 0.1) is 11.1 Å². The minimum atomic E-state index is -4.69. The molecule has 0 aliphatic heterocycles. The first-order chi connectivity index (χ1) is 7.46. The number of carbonyl (C=O) groups is 1. The summed E-state index contributed by atoms with van der Waals surface area (Å²) in [5, 5.41) is 8.13. The molecule has 7 heteroatoms. The second kappa shape index (κ2) is 4.61. The third-order valence-corrected chi connectivity index (χ3v) is 1.61. The van der Waals surface area contributed by atoms with Crippen molar-refractivity contribution in [1.29, 1.82) is 5.26 Å². The highest BCUT2D eigenvalue weighted by molar-refractivity contribution is 5.91. The van der Waals surface area contributed by atoms with Crippen molar-refractivity contribution in [2.24, 2.45) is 0 Å². The Balaban J connectivity index is 3.05. The minimum absolute atomic E-state index is 0.531. The summed E-state index contributed by atoms with van der Waals surface area (Å²) < 4.78 is 41.5. The number of esters is 1. The molecule has 1 rings (SSSR count). The van der Waals surface area contributed by atoms with E-state index in [1.807, 2.05) is 0 Å². The fourth-order valence-corrected chi connectivity index (χ4v) is 0.974. The molecule has 16 heavy (non-hydrogen) atoms. The van der Waals surface area contributed by atoms with Crippen LogP contribution in [0.25, 0.3) is 0 Å². The number of hydrogen-bond donors (Lipinski definition) is 0. The van der Waals surface area contributed by atoms with E-state index < -0.39 is 29.9 Å². The Labute approximate surface area is 88.3 Å². The van der Waals surface area contributed by atoms with Gasteiger partial charge in [-0.3, -0.25) is 4.98 Å². The molecular formula is C9H5F3N2O2. The number of nitriles is 1. The van der Waals surface area contributed by atoms with Gasteiger partial charge in [0.15, 0.2) is 6.61 Å². The summed E-state index contributed by atoms with van der Waals surface area (Å²) in [5.41, 5.74) is -1.84. The largest absolute Gasteiger partial charge is 0.447 e. The van der Waals surface area contributed by atoms with Crippen LogP contribution in [0.4, 0.5) is 13.2 Å². The second-order valence-corrected chi connectivity index (χ2v) is 2.65. The van der Waals surface area contributed by atoms with Gasteiger partial charge >= 0.3 is 12.1 Å². The molecule has 4 nitrogen and oxygen atoms in total. The number of ether oxygens (including phenoxy) is 1. The van der Waals surface area contributed by atoms with Crippen molar-refractivity contribution in [3.63, 3.8) is 0 Å². The van der Waals surface area contributed by atoms with Gasteiger partial charge in [0, 0.05) is 12.4 Å². The van der Waals surface area contributed by atoms with Crippen LogP contribution in [0, 0.1) is 11.3 Å². The summed E-state index contributed by atoms with van der Waals surface area (Å²) in [4.78, 5) is 14.5. The van der Waals surface area contributed by atoms with Crippen LogP contribution in [0.1, 0.15) is 15.9 Å². The molecular weight excluding hydrogens is 225 g/mol. The summed E-state index contributed by atoms with van der Waals surface area (Å²) in [6, 6.07) is 2.38. The highest BCUT2D eigenvalue weighted by Gasteiger charge is 2.35. The quantitative estimate of drug-likeness (QED) is 0.726. The molecule has 1 heterocycles. The molecule has 0 N–H and O–H groups in total. The first kappa shape index (κ1) is 12.0. The summed E-state index contributed by atoms with van der Waals surface area (Å²) in [6.07, 6.45) is -3.11. The van der Waals surface area contributed by atoms with Crippen LogP contribution in [0.5, 0.6) is 0 Å². The van der Waals surface area contributed by atoms with E-state index in [9.17, 15) is 18.0 Å². The Morgan fingerprint density at radius 3 is 2.81 bits per heavy atom. The Morgan fingerprint density at radius 1 is 1.56 bits per heavy atom. The predicted molar refractivity (Wildman–Crippen MR) is 45.1 cm³/mol. The lowest BCUT2D eigenvalue weighted by atomic mass is 10.1. The van der Waals surface area contributed by atoms with Crippen molar-refractivity contribution in [3.8, 4) is 6.07 Å². The Hall–Kier alpha value is -2.10. The molecule has 0 aromatic carbocycles. The number of hydrogen-bond acceptors (Lipinski definition) is 4. The normalized spacial score (nSPS) is 10.6. The number of carbonyl (C=O) groups excluding carboxylic acids is 1. The van der Waals surface area contributed by atoms with Crippen LogP contribution >= 0.6 is 0 Å². The van der Waals surface area contributed by atoms with Crippen LogP contribution in [-0.2, 0) is 10.9 Å². The smallest absolute Gasteiger partial charge is 0.418 e. The van der Waals surface area contributed by atoms with Gasteiger partial charge in [0.1, 0.15) is 6.07 Å². The molecule has 0 amide bonds. The SMILES string of the molecule is N#CCOC(=O)c1ccncc1C(F)(F)F. The van der Waals surface area contributed by atoms with Gasteiger partial charge < -0.3 is 4.74 Å². The third-order valence-electron chi connectivity index (χ3n) is 1.61. The molecule has 0 aliphatic carbocycles. The summed E-state index contributed by atoms with van der Waals surface area (Å²) in [5.74, 6) is -1.20. The van der Waals surface area contributed by atoms with Gasteiger partial charge in [-0.15, -0.1) is 0 Å². The van der Waals surface area contributed by atoms with E-state index >= 15 is 0 Å². The number of nitrogens with zero attached hydrogens (tertiary/aromatic N) is 2. The van der Waals surface area contributed by atoms with E-state index in [-0.39, 0.29) is 0 Å². The molecule has 0 bridgehead atoms. The number of halogens is 3.